The number of rotatable bonds is 4. The number of aromatic nitrogens is 2. The molecule has 38 heavy (non-hydrogen) atoms. The predicted molar refractivity (Wildman–Crippen MR) is 132 cm³/mol. The number of hydrogen-bond donors (Lipinski definition) is 0. The van der Waals surface area contributed by atoms with Gasteiger partial charge in [-0.05, 0) is 61.4 Å². The van der Waals surface area contributed by atoms with E-state index in [1.165, 1.54) is 47.9 Å². The van der Waals surface area contributed by atoms with Crippen LogP contribution in [0.15, 0.2) is 59.8 Å². The van der Waals surface area contributed by atoms with Crippen LogP contribution < -0.4 is 9.80 Å². The van der Waals surface area contributed by atoms with Crippen molar-refractivity contribution in [2.24, 2.45) is 0 Å². The molecule has 2 aliphatic rings. The highest BCUT2D eigenvalue weighted by atomic mass is 32.2. The molecule has 0 N–H and O–H groups in total. The van der Waals surface area contributed by atoms with E-state index in [4.69, 9.17) is 0 Å². The number of fused-ring (bicyclic) bond motifs is 1. The Hall–Kier alpha value is -3.58. The fourth-order valence-corrected chi connectivity index (χ4v) is 6.29. The quantitative estimate of drug-likeness (QED) is 0.462. The molecule has 3 heterocycles. The van der Waals surface area contributed by atoms with Gasteiger partial charge in [0.25, 0.3) is 0 Å². The van der Waals surface area contributed by atoms with E-state index in [-0.39, 0.29) is 35.9 Å². The average Bonchev–Trinajstić information content (AvgIpc) is 3.23. The summed E-state index contributed by atoms with van der Waals surface area (Å²) >= 11 is 0. The smallest absolute Gasteiger partial charge is 0.354 e. The Morgan fingerprint density at radius 3 is 2.32 bits per heavy atom. The minimum atomic E-state index is -5.02. The minimum absolute atomic E-state index is 0.0289. The second kappa shape index (κ2) is 9.62. The number of piperazine rings is 1. The van der Waals surface area contributed by atoms with E-state index in [2.05, 4.69) is 9.97 Å². The van der Waals surface area contributed by atoms with E-state index in [0.717, 1.165) is 5.56 Å². The number of nitrogens with zero attached hydrogens (tertiary/aromatic N) is 5. The normalized spacial score (nSPS) is 18.5. The van der Waals surface area contributed by atoms with Gasteiger partial charge in [0.2, 0.25) is 10.0 Å². The van der Waals surface area contributed by atoms with Crippen molar-refractivity contribution in [3.05, 3.63) is 66.2 Å². The van der Waals surface area contributed by atoms with Crippen LogP contribution in [0.1, 0.15) is 12.5 Å². The molecule has 13 heteroatoms. The first-order valence-corrected chi connectivity index (χ1v) is 13.3. The molecule has 200 valence electrons. The second-order valence-corrected chi connectivity index (χ2v) is 11.1. The Morgan fingerprint density at radius 2 is 1.66 bits per heavy atom. The van der Waals surface area contributed by atoms with Gasteiger partial charge in [0, 0.05) is 49.5 Å². The van der Waals surface area contributed by atoms with Crippen molar-refractivity contribution in [1.29, 1.82) is 0 Å². The molecule has 0 bridgehead atoms. The second-order valence-electron chi connectivity index (χ2n) is 9.18. The van der Waals surface area contributed by atoms with Crippen molar-refractivity contribution in [3.8, 4) is 11.3 Å². The number of anilines is 2. The standard InChI is InChI=1S/C25H23F4N5O3S/c1-16-12-18-13-20(6-7-22(18)34(16)24(35)25(27,28)29)38(36,37)33-10-8-32(9-11-33)23-14-21(30-15-31-23)17-2-4-19(26)5-3-17/h2-7,13-16H,8-12H2,1H3. The molecule has 3 aromatic rings. The van der Waals surface area contributed by atoms with Gasteiger partial charge < -0.3 is 9.80 Å². The number of sulfonamides is 1. The Labute approximate surface area is 216 Å². The molecule has 1 atom stereocenters. The number of halogens is 4. The summed E-state index contributed by atoms with van der Waals surface area (Å²) in [7, 11) is -3.92. The molecule has 2 aromatic carbocycles. The summed E-state index contributed by atoms with van der Waals surface area (Å²) in [5, 5.41) is 0. The molecule has 0 radical (unpaired) electrons. The van der Waals surface area contributed by atoms with Crippen LogP contribution in [0.3, 0.4) is 0 Å². The van der Waals surface area contributed by atoms with Crippen molar-refractivity contribution in [3.63, 3.8) is 0 Å². The number of carbonyl (C=O) groups is 1. The zero-order valence-electron chi connectivity index (χ0n) is 20.2. The van der Waals surface area contributed by atoms with Crippen LogP contribution in [0.2, 0.25) is 0 Å². The van der Waals surface area contributed by atoms with Gasteiger partial charge >= 0.3 is 12.1 Å². The summed E-state index contributed by atoms with van der Waals surface area (Å²) in [6.45, 7) is 2.55. The molecule has 0 aliphatic carbocycles. The van der Waals surface area contributed by atoms with Crippen LogP contribution in [0.5, 0.6) is 0 Å². The van der Waals surface area contributed by atoms with Gasteiger partial charge in [0.1, 0.15) is 18.0 Å². The SMILES string of the molecule is CC1Cc2cc(S(=O)(=O)N3CCN(c4cc(-c5ccc(F)cc5)ncn4)CC3)ccc2N1C(=O)C(F)(F)F. The van der Waals surface area contributed by atoms with Gasteiger partial charge in [-0.1, -0.05) is 0 Å². The van der Waals surface area contributed by atoms with E-state index in [1.54, 1.807) is 18.2 Å². The monoisotopic (exact) mass is 549 g/mol. The van der Waals surface area contributed by atoms with E-state index in [0.29, 0.717) is 35.1 Å². The molecular formula is C25H23F4N5O3S. The van der Waals surface area contributed by atoms with Gasteiger partial charge in [-0.3, -0.25) is 4.79 Å². The Kier molecular flexibility index (Phi) is 6.59. The predicted octanol–water partition coefficient (Wildman–Crippen LogP) is 3.63. The Morgan fingerprint density at radius 1 is 0.974 bits per heavy atom. The zero-order valence-corrected chi connectivity index (χ0v) is 21.0. The lowest BCUT2D eigenvalue weighted by Gasteiger charge is -2.34. The van der Waals surface area contributed by atoms with Gasteiger partial charge in [0.05, 0.1) is 10.6 Å². The van der Waals surface area contributed by atoms with Crippen molar-refractivity contribution < 1.29 is 30.8 Å². The molecule has 8 nitrogen and oxygen atoms in total. The first kappa shape index (κ1) is 26.0. The van der Waals surface area contributed by atoms with Crippen LogP contribution in [-0.2, 0) is 21.2 Å². The summed E-state index contributed by atoms with van der Waals surface area (Å²) in [4.78, 5) is 23.0. The lowest BCUT2D eigenvalue weighted by molar-refractivity contribution is -0.170. The van der Waals surface area contributed by atoms with E-state index in [9.17, 15) is 30.8 Å². The third-order valence-corrected chi connectivity index (χ3v) is 8.62. The van der Waals surface area contributed by atoms with Crippen LogP contribution in [-0.4, -0.2) is 67.0 Å². The molecule has 1 aromatic heterocycles. The largest absolute Gasteiger partial charge is 0.471 e. The summed E-state index contributed by atoms with van der Waals surface area (Å²) in [6.07, 6.45) is -3.50. The molecule has 1 fully saturated rings. The first-order valence-electron chi connectivity index (χ1n) is 11.8. The van der Waals surface area contributed by atoms with Gasteiger partial charge in [0.15, 0.2) is 0 Å². The van der Waals surface area contributed by atoms with E-state index < -0.39 is 28.1 Å². The van der Waals surface area contributed by atoms with E-state index in [1.807, 2.05) is 4.90 Å². The number of hydrogen-bond acceptors (Lipinski definition) is 6. The maximum absolute atomic E-state index is 13.3. The highest BCUT2D eigenvalue weighted by Crippen LogP contribution is 2.37. The van der Waals surface area contributed by atoms with Crippen molar-refractivity contribution >= 4 is 27.4 Å². The number of alkyl halides is 3. The molecular weight excluding hydrogens is 526 g/mol. The first-order chi connectivity index (χ1) is 17.9. The molecule has 5 rings (SSSR count). The highest BCUT2D eigenvalue weighted by molar-refractivity contribution is 7.89. The number of carbonyl (C=O) groups excluding carboxylic acids is 1. The van der Waals surface area contributed by atoms with Crippen LogP contribution in [0.25, 0.3) is 11.3 Å². The van der Waals surface area contributed by atoms with Crippen molar-refractivity contribution in [2.75, 3.05) is 36.0 Å². The molecule has 0 spiro atoms. The highest BCUT2D eigenvalue weighted by Gasteiger charge is 2.47. The maximum Gasteiger partial charge on any atom is 0.471 e. The summed E-state index contributed by atoms with van der Waals surface area (Å²) in [5.41, 5.74) is 1.78. The Bertz CT molecular complexity index is 1470. The van der Waals surface area contributed by atoms with Crippen LogP contribution in [0, 0.1) is 5.82 Å². The van der Waals surface area contributed by atoms with Gasteiger partial charge in [-0.25, -0.2) is 22.8 Å². The third kappa shape index (κ3) is 4.83. The molecule has 2 aliphatic heterocycles. The topological polar surface area (TPSA) is 86.7 Å². The number of benzene rings is 2. The summed E-state index contributed by atoms with van der Waals surface area (Å²) in [6, 6.07) is 10.8. The lowest BCUT2D eigenvalue weighted by Crippen LogP contribution is -2.49. The minimum Gasteiger partial charge on any atom is -0.354 e. The van der Waals surface area contributed by atoms with Gasteiger partial charge in [-0.2, -0.15) is 17.5 Å². The number of amides is 1. The van der Waals surface area contributed by atoms with Crippen molar-refractivity contribution in [2.45, 2.75) is 30.5 Å². The third-order valence-electron chi connectivity index (χ3n) is 6.72. The van der Waals surface area contributed by atoms with Crippen LogP contribution in [0.4, 0.5) is 29.1 Å². The Balaban J connectivity index is 1.30. The molecule has 1 amide bonds. The summed E-state index contributed by atoms with van der Waals surface area (Å²) < 4.78 is 80.4. The fourth-order valence-electron chi connectivity index (χ4n) is 4.82. The van der Waals surface area contributed by atoms with Gasteiger partial charge in [-0.15, -0.1) is 0 Å². The van der Waals surface area contributed by atoms with Crippen LogP contribution >= 0.6 is 0 Å². The fraction of sp³-hybridized carbons (Fsp3) is 0.320. The lowest BCUT2D eigenvalue weighted by atomic mass is 10.1. The van der Waals surface area contributed by atoms with Crippen molar-refractivity contribution in [1.82, 2.24) is 14.3 Å². The molecule has 1 saturated heterocycles. The average molecular weight is 550 g/mol. The summed E-state index contributed by atoms with van der Waals surface area (Å²) in [5.74, 6) is -1.72. The molecule has 1 unspecified atom stereocenters. The van der Waals surface area contributed by atoms with E-state index >= 15 is 0 Å². The maximum atomic E-state index is 13.3. The zero-order chi connectivity index (χ0) is 27.2. The molecule has 0 saturated carbocycles.